The van der Waals surface area contributed by atoms with E-state index in [1.54, 1.807) is 17.9 Å². The van der Waals surface area contributed by atoms with Gasteiger partial charge in [-0.05, 0) is 13.8 Å². The molecule has 0 aromatic carbocycles. The minimum absolute atomic E-state index is 0.00117. The predicted octanol–water partition coefficient (Wildman–Crippen LogP) is 0.851. The molecular weight excluding hydrogens is 294 g/mol. The Bertz CT molecular complexity index is 578. The first-order chi connectivity index (χ1) is 10.6. The van der Waals surface area contributed by atoms with E-state index in [-0.39, 0.29) is 30.3 Å². The number of hydrogen-bond acceptors (Lipinski definition) is 4. The van der Waals surface area contributed by atoms with E-state index >= 15 is 0 Å². The average molecular weight is 321 g/mol. The molecule has 7 heteroatoms. The van der Waals surface area contributed by atoms with Crippen molar-refractivity contribution in [1.82, 2.24) is 24.8 Å². The number of carbonyl (C=O) groups is 2. The van der Waals surface area contributed by atoms with Crippen LogP contribution < -0.4 is 0 Å². The molecule has 2 rings (SSSR count). The zero-order valence-electron chi connectivity index (χ0n) is 14.9. The molecule has 2 heterocycles. The summed E-state index contributed by atoms with van der Waals surface area (Å²) in [5.74, 6) is 0.192. The third kappa shape index (κ3) is 3.71. The number of amides is 2. The molecular formula is C16H27N5O2. The van der Waals surface area contributed by atoms with Gasteiger partial charge >= 0.3 is 0 Å². The van der Waals surface area contributed by atoms with Crippen molar-refractivity contribution in [3.63, 3.8) is 0 Å². The zero-order valence-corrected chi connectivity index (χ0v) is 14.9. The number of rotatable bonds is 2. The van der Waals surface area contributed by atoms with Crippen LogP contribution in [0.25, 0.3) is 0 Å². The number of hydrogen-bond donors (Lipinski definition) is 0. The van der Waals surface area contributed by atoms with Crippen LogP contribution in [0.15, 0.2) is 6.20 Å². The van der Waals surface area contributed by atoms with Crippen LogP contribution in [0.4, 0.5) is 0 Å². The van der Waals surface area contributed by atoms with Crippen molar-refractivity contribution in [1.29, 1.82) is 0 Å². The molecule has 2 atom stereocenters. The summed E-state index contributed by atoms with van der Waals surface area (Å²) in [7, 11) is 1.78. The molecule has 1 aromatic rings. The summed E-state index contributed by atoms with van der Waals surface area (Å²) in [6.45, 7) is 10.9. The molecule has 1 saturated heterocycles. The summed E-state index contributed by atoms with van der Waals surface area (Å²) < 4.78 is 1.62. The van der Waals surface area contributed by atoms with Gasteiger partial charge in [-0.25, -0.2) is 0 Å². The van der Waals surface area contributed by atoms with Crippen molar-refractivity contribution < 1.29 is 9.59 Å². The number of aryl methyl sites for hydroxylation is 1. The first kappa shape index (κ1) is 17.4. The van der Waals surface area contributed by atoms with Gasteiger partial charge in [-0.1, -0.05) is 26.0 Å². The highest BCUT2D eigenvalue weighted by atomic mass is 16.2. The van der Waals surface area contributed by atoms with Crippen LogP contribution in [0.5, 0.6) is 0 Å². The molecule has 0 radical (unpaired) electrons. The Hall–Kier alpha value is -1.92. The summed E-state index contributed by atoms with van der Waals surface area (Å²) in [6, 6.07) is -0.00234. The van der Waals surface area contributed by atoms with Crippen LogP contribution in [0.3, 0.4) is 0 Å². The maximum absolute atomic E-state index is 12.7. The molecule has 1 aromatic heterocycles. The van der Waals surface area contributed by atoms with Crippen molar-refractivity contribution in [3.8, 4) is 0 Å². The summed E-state index contributed by atoms with van der Waals surface area (Å²) in [6.07, 6.45) is 1.90. The van der Waals surface area contributed by atoms with Gasteiger partial charge in [0.1, 0.15) is 0 Å². The Kier molecular flexibility index (Phi) is 4.77. The topological polar surface area (TPSA) is 71.3 Å². The van der Waals surface area contributed by atoms with Crippen LogP contribution in [0, 0.1) is 5.41 Å². The second-order valence-electron chi connectivity index (χ2n) is 7.48. The van der Waals surface area contributed by atoms with Gasteiger partial charge in [0, 0.05) is 37.6 Å². The predicted molar refractivity (Wildman–Crippen MR) is 86.5 cm³/mol. The highest BCUT2D eigenvalue weighted by Crippen LogP contribution is 2.23. The van der Waals surface area contributed by atoms with Crippen molar-refractivity contribution >= 4 is 11.8 Å². The number of nitrogens with zero attached hydrogens (tertiary/aromatic N) is 5. The molecule has 1 fully saturated rings. The van der Waals surface area contributed by atoms with E-state index in [0.29, 0.717) is 13.1 Å². The minimum Gasteiger partial charge on any atom is -0.338 e. The van der Waals surface area contributed by atoms with Gasteiger partial charge in [0.05, 0.1) is 18.3 Å². The van der Waals surface area contributed by atoms with E-state index in [1.807, 2.05) is 44.4 Å². The first-order valence-corrected chi connectivity index (χ1v) is 8.05. The molecule has 2 amide bonds. The molecule has 128 valence electrons. The number of aromatic nitrogens is 3. The van der Waals surface area contributed by atoms with E-state index < -0.39 is 5.41 Å². The molecule has 0 aliphatic carbocycles. The van der Waals surface area contributed by atoms with E-state index in [4.69, 9.17) is 0 Å². The maximum atomic E-state index is 12.7. The van der Waals surface area contributed by atoms with Gasteiger partial charge in [-0.2, -0.15) is 0 Å². The summed E-state index contributed by atoms with van der Waals surface area (Å²) in [5, 5.41) is 7.67. The monoisotopic (exact) mass is 321 g/mol. The van der Waals surface area contributed by atoms with Crippen LogP contribution in [-0.4, -0.2) is 61.8 Å². The van der Waals surface area contributed by atoms with Crippen LogP contribution >= 0.6 is 0 Å². The van der Waals surface area contributed by atoms with E-state index in [9.17, 15) is 9.59 Å². The lowest BCUT2D eigenvalue weighted by atomic mass is 9.93. The Morgan fingerprint density at radius 2 is 1.78 bits per heavy atom. The number of piperazine rings is 1. The fraction of sp³-hybridized carbons (Fsp3) is 0.750. The Labute approximate surface area is 137 Å². The number of carbonyl (C=O) groups excluding carboxylic acids is 2. The fourth-order valence-electron chi connectivity index (χ4n) is 3.17. The van der Waals surface area contributed by atoms with E-state index in [1.165, 1.54) is 0 Å². The molecule has 1 aliphatic rings. The van der Waals surface area contributed by atoms with Crippen molar-refractivity contribution in [3.05, 3.63) is 11.9 Å². The van der Waals surface area contributed by atoms with Gasteiger partial charge in [-0.15, -0.1) is 5.10 Å². The Balaban J connectivity index is 2.07. The summed E-state index contributed by atoms with van der Waals surface area (Å²) in [4.78, 5) is 28.9. The lowest BCUT2D eigenvalue weighted by molar-refractivity contribution is -0.150. The quantitative estimate of drug-likeness (QED) is 0.810. The van der Waals surface area contributed by atoms with Crippen molar-refractivity contribution in [2.45, 2.75) is 53.1 Å². The largest absolute Gasteiger partial charge is 0.338 e. The Morgan fingerprint density at radius 3 is 2.22 bits per heavy atom. The smallest absolute Gasteiger partial charge is 0.229 e. The van der Waals surface area contributed by atoms with Crippen molar-refractivity contribution in [2.24, 2.45) is 12.5 Å². The molecule has 0 saturated carbocycles. The molecule has 7 nitrogen and oxygen atoms in total. The molecule has 0 spiro atoms. The highest BCUT2D eigenvalue weighted by molar-refractivity contribution is 5.83. The summed E-state index contributed by atoms with van der Waals surface area (Å²) >= 11 is 0. The normalized spacial score (nSPS) is 22.3. The minimum atomic E-state index is -0.397. The van der Waals surface area contributed by atoms with E-state index in [2.05, 4.69) is 10.3 Å². The average Bonchev–Trinajstić information content (AvgIpc) is 2.81. The molecule has 23 heavy (non-hydrogen) atoms. The van der Waals surface area contributed by atoms with Crippen LogP contribution in [0.1, 0.15) is 40.3 Å². The van der Waals surface area contributed by atoms with Gasteiger partial charge in [0.15, 0.2) is 0 Å². The van der Waals surface area contributed by atoms with Gasteiger partial charge < -0.3 is 9.80 Å². The van der Waals surface area contributed by atoms with E-state index in [0.717, 1.165) is 5.69 Å². The molecule has 0 N–H and O–H groups in total. The first-order valence-electron chi connectivity index (χ1n) is 8.05. The lowest BCUT2D eigenvalue weighted by Crippen LogP contribution is -2.61. The lowest BCUT2D eigenvalue weighted by Gasteiger charge is -2.46. The standard InChI is InChI=1S/C16H27N5O2/c1-11-9-20(15(23)16(3,4)5)10-12(2)21(11)14(22)7-13-8-17-18-19(13)6/h8,11-12H,7,9-10H2,1-6H3. The highest BCUT2D eigenvalue weighted by Gasteiger charge is 2.37. The second-order valence-corrected chi connectivity index (χ2v) is 7.48. The maximum Gasteiger partial charge on any atom is 0.229 e. The molecule has 1 aliphatic heterocycles. The van der Waals surface area contributed by atoms with Crippen molar-refractivity contribution in [2.75, 3.05) is 13.1 Å². The summed E-state index contributed by atoms with van der Waals surface area (Å²) in [5.41, 5.74) is 0.397. The fourth-order valence-corrected chi connectivity index (χ4v) is 3.17. The van der Waals surface area contributed by atoms with Gasteiger partial charge in [0.2, 0.25) is 11.8 Å². The SMILES string of the molecule is CC1CN(C(=O)C(C)(C)C)CC(C)N1C(=O)Cc1cnnn1C. The van der Waals surface area contributed by atoms with Crippen LogP contribution in [0.2, 0.25) is 0 Å². The molecule has 0 bridgehead atoms. The third-order valence-corrected chi connectivity index (χ3v) is 4.28. The molecule has 2 unspecified atom stereocenters. The zero-order chi connectivity index (χ0) is 17.4. The van der Waals surface area contributed by atoms with Crippen LogP contribution in [-0.2, 0) is 23.1 Å². The Morgan fingerprint density at radius 1 is 1.22 bits per heavy atom. The second kappa shape index (κ2) is 6.29. The van der Waals surface area contributed by atoms with Gasteiger partial charge in [0.25, 0.3) is 0 Å². The van der Waals surface area contributed by atoms with Gasteiger partial charge in [-0.3, -0.25) is 14.3 Å². The third-order valence-electron chi connectivity index (χ3n) is 4.28.